The molecule has 7 fully saturated rings. The fourth-order valence-corrected chi connectivity index (χ4v) is 17.6. The van der Waals surface area contributed by atoms with Gasteiger partial charge in [-0.3, -0.25) is 0 Å². The molecule has 0 amide bonds. The molecule has 26 unspecified atom stereocenters. The van der Waals surface area contributed by atoms with Crippen molar-refractivity contribution in [3.05, 3.63) is 140 Å². The van der Waals surface area contributed by atoms with Gasteiger partial charge in [-0.15, -0.1) is 0 Å². The van der Waals surface area contributed by atoms with Gasteiger partial charge in [-0.2, -0.15) is 42.1 Å². The lowest BCUT2D eigenvalue weighted by Crippen LogP contribution is -2.68. The topological polar surface area (TPSA) is 190 Å². The van der Waals surface area contributed by atoms with Crippen molar-refractivity contribution >= 4 is 0 Å². The van der Waals surface area contributed by atoms with Gasteiger partial charge in [0.2, 0.25) is 0 Å². The lowest BCUT2D eigenvalue weighted by Gasteiger charge is -2.66. The first-order chi connectivity index (χ1) is 38.3. The third-order valence-corrected chi connectivity index (χ3v) is 19.8. The lowest BCUT2D eigenvalue weighted by atomic mass is 9.38. The van der Waals surface area contributed by atoms with E-state index in [0.717, 1.165) is 12.1 Å². The molecule has 80 heavy (non-hydrogen) atoms. The van der Waals surface area contributed by atoms with E-state index < -0.39 is 224 Å². The number of benzene rings is 4. The van der Waals surface area contributed by atoms with E-state index in [1.165, 1.54) is 60.7 Å². The van der Waals surface area contributed by atoms with Crippen LogP contribution >= 0.6 is 0 Å². The summed E-state index contributed by atoms with van der Waals surface area (Å²) in [4.78, 5) is 0. The van der Waals surface area contributed by atoms with Gasteiger partial charge < -0.3 is 0 Å². The van der Waals surface area contributed by atoms with E-state index >= 15 is 61.5 Å². The molecule has 4 aromatic rings. The normalized spacial score (nSPS) is 40.5. The van der Waals surface area contributed by atoms with Gasteiger partial charge in [0.15, 0.2) is 58.9 Å². The van der Waals surface area contributed by atoms with Crippen molar-refractivity contribution in [2.45, 2.75) is 60.7 Å². The molecule has 0 N–H and O–H groups in total. The van der Waals surface area contributed by atoms with Crippen molar-refractivity contribution in [2.75, 3.05) is 0 Å². The molecule has 0 heterocycles. The van der Waals surface area contributed by atoms with Gasteiger partial charge in [0.25, 0.3) is 0 Å². The average molecular weight is 1110 g/mol. The maximum absolute atomic E-state index is 18.3. The summed E-state index contributed by atoms with van der Waals surface area (Å²) in [6, 6.07) is 22.1. The number of nitrogens with zero attached hydrogens (tertiary/aromatic N) is 8. The molecule has 7 saturated carbocycles. The Kier molecular flexibility index (Phi) is 13.0. The maximum atomic E-state index is 18.3. The summed E-state index contributed by atoms with van der Waals surface area (Å²) in [5, 5.41) is 83.1. The predicted octanol–water partition coefficient (Wildman–Crippen LogP) is 11.8. The van der Waals surface area contributed by atoms with Crippen LogP contribution in [0.3, 0.4) is 0 Å². The van der Waals surface area contributed by atoms with Crippen LogP contribution < -0.4 is 0 Å². The zero-order valence-electron chi connectivity index (χ0n) is 40.5. The molecular weight excluding hydrogens is 1070 g/mol. The van der Waals surface area contributed by atoms with Crippen LogP contribution in [-0.4, -0.2) is 37.0 Å². The van der Waals surface area contributed by atoms with Crippen LogP contribution in [0.4, 0.5) is 61.5 Å². The fourth-order valence-electron chi connectivity index (χ4n) is 17.6. The fraction of sp³-hybridized carbons (Fsp3) is 0.448. The Balaban J connectivity index is 1.31. The lowest BCUT2D eigenvalue weighted by molar-refractivity contribution is -0.213. The van der Waals surface area contributed by atoms with Crippen molar-refractivity contribution in [3.8, 4) is 48.6 Å². The van der Waals surface area contributed by atoms with Gasteiger partial charge in [0.05, 0.1) is 59.4 Å². The van der Waals surface area contributed by atoms with E-state index in [1.54, 1.807) is 0 Å². The quantitative estimate of drug-likeness (QED) is 0.142. The third-order valence-electron chi connectivity index (χ3n) is 19.8. The van der Waals surface area contributed by atoms with E-state index in [0.29, 0.717) is 0 Å². The summed E-state index contributed by atoms with van der Waals surface area (Å²) in [6.07, 6.45) is -18.8. The van der Waals surface area contributed by atoms with Gasteiger partial charge in [-0.1, -0.05) is 24.3 Å². The minimum atomic E-state index is -3.23. The van der Waals surface area contributed by atoms with Crippen molar-refractivity contribution < 1.29 is 61.5 Å². The van der Waals surface area contributed by atoms with Crippen LogP contribution in [0.1, 0.15) is 68.2 Å². The summed E-state index contributed by atoms with van der Waals surface area (Å²) in [7, 11) is 0. The molecule has 0 aliphatic heterocycles. The molecule has 22 heteroatoms. The standard InChI is InChI=1S/C58H34F14N8/c59-45-23(13-77)48(62)54(68)42-38(44-57(71)51(65)26(16-80)52(66)58(44)72)32-28(20-7-3-18(10-74)4-8-20)22(12-76)30-34(32)35(39(42)45)29-21(11-75)27(19-5-1-17(9-73)2-6-19)31-33(29)36(30)40-41(53(67)47(61)24(14-78)46(40)60)37(31)43-55(69)49(63)25(15-79)50(64)56(43)70/h1-8,21-24,27-42,45-48,53-54H. The van der Waals surface area contributed by atoms with E-state index in [9.17, 15) is 42.1 Å². The number of hydrogen-bond acceptors (Lipinski definition) is 8. The number of hydrogen-bond donors (Lipinski definition) is 0. The number of rotatable bonds is 4. The number of halogens is 14. The van der Waals surface area contributed by atoms with E-state index in [-0.39, 0.29) is 22.3 Å². The van der Waals surface area contributed by atoms with Crippen molar-refractivity contribution in [1.82, 2.24) is 0 Å². The molecule has 7 aliphatic rings. The zero-order chi connectivity index (χ0) is 57.6. The van der Waals surface area contributed by atoms with Crippen molar-refractivity contribution in [1.29, 1.82) is 42.1 Å². The third kappa shape index (κ3) is 6.84. The van der Waals surface area contributed by atoms with Gasteiger partial charge in [-0.05, 0) is 94.6 Å². The summed E-state index contributed by atoms with van der Waals surface area (Å²) in [5.74, 6) is -61.2. The molecule has 0 bridgehead atoms. The Morgan fingerprint density at radius 3 is 0.812 bits per heavy atom. The first kappa shape index (κ1) is 53.8. The summed E-state index contributed by atoms with van der Waals surface area (Å²) in [6.45, 7) is 0. The monoisotopic (exact) mass is 1110 g/mol. The molecule has 404 valence electrons. The zero-order valence-corrected chi connectivity index (χ0v) is 40.5. The minimum Gasteiger partial charge on any atom is -0.246 e. The average Bonchev–Trinajstić information content (AvgIpc) is 4.21. The van der Waals surface area contributed by atoms with Crippen LogP contribution in [0.2, 0.25) is 0 Å². The van der Waals surface area contributed by atoms with Crippen molar-refractivity contribution in [2.24, 2.45) is 94.7 Å². The van der Waals surface area contributed by atoms with E-state index in [4.69, 9.17) is 0 Å². The smallest absolute Gasteiger partial charge is 0.180 e. The molecule has 4 aromatic carbocycles. The molecule has 0 aromatic heterocycles. The highest BCUT2D eigenvalue weighted by Crippen LogP contribution is 2.81. The Bertz CT molecular complexity index is 3340. The molecule has 0 saturated heterocycles. The number of nitriles is 8. The van der Waals surface area contributed by atoms with Gasteiger partial charge in [0, 0.05) is 46.6 Å². The highest BCUT2D eigenvalue weighted by atomic mass is 19.2. The van der Waals surface area contributed by atoms with E-state index in [1.807, 2.05) is 12.1 Å². The van der Waals surface area contributed by atoms with Crippen LogP contribution in [0.5, 0.6) is 0 Å². The maximum Gasteiger partial charge on any atom is 0.180 e. The highest BCUT2D eigenvalue weighted by Gasteiger charge is 2.80. The summed E-state index contributed by atoms with van der Waals surface area (Å²) in [5.41, 5.74) is -7.34. The van der Waals surface area contributed by atoms with Crippen LogP contribution in [0.25, 0.3) is 0 Å². The van der Waals surface area contributed by atoms with Crippen LogP contribution in [0.15, 0.2) is 48.5 Å². The molecular formula is C58H34F14N8. The number of fused-ring (bicyclic) bond motifs is 6. The Morgan fingerprint density at radius 2 is 0.550 bits per heavy atom. The first-order valence-corrected chi connectivity index (χ1v) is 25.2. The minimum absolute atomic E-state index is 0.0532. The molecule has 26 atom stereocenters. The Hall–Kier alpha value is -8.18. The second kappa shape index (κ2) is 19.3. The molecule has 7 aliphatic carbocycles. The van der Waals surface area contributed by atoms with Crippen LogP contribution in [-0.2, 0) is 0 Å². The summed E-state index contributed by atoms with van der Waals surface area (Å²) >= 11 is 0. The summed E-state index contributed by atoms with van der Waals surface area (Å²) < 4.78 is 239. The Labute approximate surface area is 445 Å². The van der Waals surface area contributed by atoms with Gasteiger partial charge in [-0.25, -0.2) is 61.5 Å². The molecule has 8 nitrogen and oxygen atoms in total. The largest absolute Gasteiger partial charge is 0.246 e. The van der Waals surface area contributed by atoms with Crippen molar-refractivity contribution in [3.63, 3.8) is 0 Å². The second-order valence-electron chi connectivity index (χ2n) is 22.1. The Morgan fingerprint density at radius 1 is 0.263 bits per heavy atom. The van der Waals surface area contributed by atoms with Crippen LogP contribution in [0, 0.1) is 232 Å². The SMILES string of the molecule is N#Cc1ccc(C2C(C#N)C3C4C2C(c2c(F)c(F)c(C#N)c(F)c2F)C2C(F)C(F)C(C#N)C(F)C2C4C2C(C#N)C(c4ccc(C#N)cc4)C4C(c5c(F)c(F)c(C#N)c(F)c5F)C5C(F)C(F)C(C#N)C(F)C5C3C42)cc1. The highest BCUT2D eigenvalue weighted by molar-refractivity contribution is 5.48. The molecule has 0 spiro atoms. The predicted molar refractivity (Wildman–Crippen MR) is 243 cm³/mol. The van der Waals surface area contributed by atoms with E-state index in [2.05, 4.69) is 12.1 Å². The molecule has 11 rings (SSSR count). The molecule has 0 radical (unpaired) electrons. The second-order valence-corrected chi connectivity index (χ2v) is 22.1. The number of alkyl halides is 6. The first-order valence-electron chi connectivity index (χ1n) is 25.2. The van der Waals surface area contributed by atoms with Gasteiger partial charge >= 0.3 is 0 Å². The van der Waals surface area contributed by atoms with Gasteiger partial charge in [0.1, 0.15) is 59.8 Å².